The van der Waals surface area contributed by atoms with E-state index in [9.17, 15) is 4.79 Å². The van der Waals surface area contributed by atoms with E-state index in [0.717, 1.165) is 11.4 Å². The fraction of sp³-hybridized carbons (Fsp3) is 0.350. The van der Waals surface area contributed by atoms with Gasteiger partial charge in [-0.05, 0) is 63.4 Å². The van der Waals surface area contributed by atoms with Crippen molar-refractivity contribution < 1.29 is 13.9 Å². The molecule has 3 aromatic rings. The zero-order valence-electron chi connectivity index (χ0n) is 16.8. The number of esters is 1. The van der Waals surface area contributed by atoms with E-state index >= 15 is 0 Å². The third-order valence-corrected chi connectivity index (χ3v) is 5.20. The molecule has 0 saturated heterocycles. The molecule has 29 heavy (non-hydrogen) atoms. The highest BCUT2D eigenvalue weighted by molar-refractivity contribution is 7.71. The van der Waals surface area contributed by atoms with Crippen LogP contribution in [0.5, 0.6) is 0 Å². The van der Waals surface area contributed by atoms with Crippen LogP contribution < -0.4 is 0 Å². The van der Waals surface area contributed by atoms with E-state index in [1.54, 1.807) is 17.7 Å². The number of rotatable bonds is 7. The van der Waals surface area contributed by atoms with Gasteiger partial charge in [0.15, 0.2) is 10.6 Å². The van der Waals surface area contributed by atoms with E-state index < -0.39 is 5.97 Å². The van der Waals surface area contributed by atoms with Crippen molar-refractivity contribution >= 4 is 29.8 Å². The fourth-order valence-corrected chi connectivity index (χ4v) is 3.55. The lowest BCUT2D eigenvalue weighted by Crippen LogP contribution is -2.22. The van der Waals surface area contributed by atoms with Gasteiger partial charge in [0.25, 0.3) is 0 Å². The summed E-state index contributed by atoms with van der Waals surface area (Å²) in [6.07, 6.45) is 0. The molecular weight excluding hydrogens is 412 g/mol. The summed E-state index contributed by atoms with van der Waals surface area (Å²) < 4.78 is 14.9. The molecule has 0 spiro atoms. The minimum Gasteiger partial charge on any atom is -0.465 e. The number of benzene rings is 1. The minimum absolute atomic E-state index is 0.406. The lowest BCUT2D eigenvalue weighted by Gasteiger charge is -2.14. The molecule has 1 aromatic carbocycles. The van der Waals surface area contributed by atoms with Gasteiger partial charge in [0.2, 0.25) is 0 Å². The maximum atomic E-state index is 11.8. The third kappa shape index (κ3) is 4.60. The Morgan fingerprint density at radius 2 is 2.03 bits per heavy atom. The van der Waals surface area contributed by atoms with Crippen LogP contribution in [0.3, 0.4) is 0 Å². The molecule has 2 aromatic heterocycles. The van der Waals surface area contributed by atoms with Crippen LogP contribution >= 0.6 is 23.8 Å². The van der Waals surface area contributed by atoms with E-state index in [-0.39, 0.29) is 0 Å². The third-order valence-electron chi connectivity index (χ3n) is 4.52. The maximum Gasteiger partial charge on any atom is 0.341 e. The SMILES string of the molecule is CCn1c(-c2ccc(Cl)cc2)nn(CN(C)Cc2cc(C(=O)OC)c(C)o2)c1=S. The van der Waals surface area contributed by atoms with Crippen LogP contribution in [0, 0.1) is 11.7 Å². The molecule has 0 N–H and O–H groups in total. The number of aryl methyl sites for hydroxylation is 1. The molecule has 7 nitrogen and oxygen atoms in total. The summed E-state index contributed by atoms with van der Waals surface area (Å²) in [7, 11) is 3.29. The molecular formula is C20H23ClN4O3S. The first-order valence-corrected chi connectivity index (χ1v) is 9.92. The molecule has 0 amide bonds. The summed E-state index contributed by atoms with van der Waals surface area (Å²) in [6.45, 7) is 5.45. The summed E-state index contributed by atoms with van der Waals surface area (Å²) in [5.41, 5.74) is 1.39. The first-order chi connectivity index (χ1) is 13.8. The number of nitrogens with zero attached hydrogens (tertiary/aromatic N) is 4. The molecule has 0 unspecified atom stereocenters. The number of carbonyl (C=O) groups excluding carboxylic acids is 1. The van der Waals surface area contributed by atoms with Gasteiger partial charge in [-0.3, -0.25) is 4.90 Å². The van der Waals surface area contributed by atoms with Gasteiger partial charge < -0.3 is 13.7 Å². The molecule has 154 valence electrons. The smallest absolute Gasteiger partial charge is 0.341 e. The maximum absolute atomic E-state index is 11.8. The Labute approximate surface area is 179 Å². The van der Waals surface area contributed by atoms with Crippen LogP contribution in [0.4, 0.5) is 0 Å². The van der Waals surface area contributed by atoms with Crippen molar-refractivity contribution in [1.82, 2.24) is 19.2 Å². The van der Waals surface area contributed by atoms with Crippen molar-refractivity contribution in [3.63, 3.8) is 0 Å². The average molecular weight is 435 g/mol. The summed E-state index contributed by atoms with van der Waals surface area (Å²) in [5, 5.41) is 5.39. The first kappa shape index (κ1) is 21.3. The van der Waals surface area contributed by atoms with Crippen molar-refractivity contribution in [3.8, 4) is 11.4 Å². The van der Waals surface area contributed by atoms with Gasteiger partial charge in [-0.15, -0.1) is 0 Å². The number of aromatic nitrogens is 3. The van der Waals surface area contributed by atoms with E-state index in [1.807, 2.05) is 47.7 Å². The molecule has 0 aliphatic carbocycles. The second-order valence-corrected chi connectivity index (χ2v) is 7.49. The Bertz CT molecular complexity index is 1070. The summed E-state index contributed by atoms with van der Waals surface area (Å²) >= 11 is 11.6. The molecule has 0 aliphatic rings. The Kier molecular flexibility index (Phi) is 6.56. The summed E-state index contributed by atoms with van der Waals surface area (Å²) in [4.78, 5) is 13.8. The summed E-state index contributed by atoms with van der Waals surface area (Å²) in [5.74, 6) is 1.60. The second-order valence-electron chi connectivity index (χ2n) is 6.69. The van der Waals surface area contributed by atoms with Gasteiger partial charge in [-0.25, -0.2) is 9.48 Å². The van der Waals surface area contributed by atoms with E-state index in [4.69, 9.17) is 38.1 Å². The lowest BCUT2D eigenvalue weighted by atomic mass is 10.2. The van der Waals surface area contributed by atoms with E-state index in [0.29, 0.717) is 46.6 Å². The van der Waals surface area contributed by atoms with Crippen LogP contribution in [0.1, 0.15) is 28.8 Å². The van der Waals surface area contributed by atoms with E-state index in [2.05, 4.69) is 0 Å². The monoisotopic (exact) mass is 434 g/mol. The van der Waals surface area contributed by atoms with Crippen molar-refractivity contribution in [3.05, 3.63) is 57.2 Å². The normalized spacial score (nSPS) is 11.2. The van der Waals surface area contributed by atoms with Crippen molar-refractivity contribution in [2.45, 2.75) is 33.6 Å². The predicted molar refractivity (Wildman–Crippen MR) is 113 cm³/mol. The van der Waals surface area contributed by atoms with Gasteiger partial charge in [-0.1, -0.05) is 11.6 Å². The topological polar surface area (TPSA) is 65.4 Å². The number of hydrogen-bond donors (Lipinski definition) is 0. The zero-order valence-corrected chi connectivity index (χ0v) is 18.4. The lowest BCUT2D eigenvalue weighted by molar-refractivity contribution is 0.0599. The van der Waals surface area contributed by atoms with Gasteiger partial charge >= 0.3 is 5.97 Å². The molecule has 0 saturated carbocycles. The molecule has 0 atom stereocenters. The average Bonchev–Trinajstić information content (AvgIpc) is 3.21. The number of halogens is 1. The Balaban J connectivity index is 1.80. The molecule has 0 aliphatic heterocycles. The zero-order chi connectivity index (χ0) is 21.1. The van der Waals surface area contributed by atoms with Crippen molar-refractivity contribution in [2.75, 3.05) is 14.2 Å². The minimum atomic E-state index is -0.406. The van der Waals surface area contributed by atoms with Crippen LogP contribution in [0.25, 0.3) is 11.4 Å². The van der Waals surface area contributed by atoms with Crippen molar-refractivity contribution in [2.24, 2.45) is 0 Å². The highest BCUT2D eigenvalue weighted by Gasteiger charge is 2.17. The van der Waals surface area contributed by atoms with Crippen LogP contribution in [-0.2, 0) is 24.5 Å². The van der Waals surface area contributed by atoms with Crippen LogP contribution in [-0.4, -0.2) is 39.4 Å². The number of carbonyl (C=O) groups is 1. The van der Waals surface area contributed by atoms with Crippen molar-refractivity contribution in [1.29, 1.82) is 0 Å². The standard InChI is InChI=1S/C20H23ClN4O3S/c1-5-24-18(14-6-8-15(21)9-7-14)22-25(20(24)29)12-23(3)11-16-10-17(13(2)28-16)19(26)27-4/h6-10H,5,11-12H2,1-4H3. The van der Waals surface area contributed by atoms with Gasteiger partial charge in [0.05, 0.1) is 20.3 Å². The molecule has 0 radical (unpaired) electrons. The molecule has 0 bridgehead atoms. The molecule has 2 heterocycles. The molecule has 9 heteroatoms. The number of ether oxygens (including phenoxy) is 1. The Morgan fingerprint density at radius 3 is 2.66 bits per heavy atom. The number of methoxy groups -OCH3 is 1. The largest absolute Gasteiger partial charge is 0.465 e. The van der Waals surface area contributed by atoms with Crippen LogP contribution in [0.2, 0.25) is 5.02 Å². The highest BCUT2D eigenvalue weighted by Crippen LogP contribution is 2.21. The molecule has 3 rings (SSSR count). The van der Waals surface area contributed by atoms with Gasteiger partial charge in [0, 0.05) is 17.1 Å². The second kappa shape index (κ2) is 8.94. The highest BCUT2D eigenvalue weighted by atomic mass is 35.5. The van der Waals surface area contributed by atoms with E-state index in [1.165, 1.54) is 7.11 Å². The Morgan fingerprint density at radius 1 is 1.34 bits per heavy atom. The summed E-state index contributed by atoms with van der Waals surface area (Å²) in [6, 6.07) is 9.24. The fourth-order valence-electron chi connectivity index (χ4n) is 3.11. The Hall–Kier alpha value is -2.42. The predicted octanol–water partition coefficient (Wildman–Crippen LogP) is 4.53. The number of hydrogen-bond acceptors (Lipinski definition) is 6. The first-order valence-electron chi connectivity index (χ1n) is 9.13. The van der Waals surface area contributed by atoms with Gasteiger partial charge in [0.1, 0.15) is 17.1 Å². The van der Waals surface area contributed by atoms with Crippen LogP contribution in [0.15, 0.2) is 34.7 Å². The number of furan rings is 1. The quantitative estimate of drug-likeness (QED) is 0.402. The molecule has 0 fully saturated rings. The van der Waals surface area contributed by atoms with Gasteiger partial charge in [-0.2, -0.15) is 5.10 Å².